The van der Waals surface area contributed by atoms with Crippen molar-refractivity contribution in [1.29, 1.82) is 0 Å². The van der Waals surface area contributed by atoms with E-state index in [1.807, 2.05) is 35.4 Å². The largest absolute Gasteiger partial charge is 0.482 e. The number of pyridine rings is 1. The first kappa shape index (κ1) is 19.2. The first-order valence-corrected chi connectivity index (χ1v) is 10.1. The van der Waals surface area contributed by atoms with Crippen molar-refractivity contribution in [3.8, 4) is 5.75 Å². The van der Waals surface area contributed by atoms with Crippen LogP contribution in [-0.2, 0) is 16.0 Å². The quantitative estimate of drug-likeness (QED) is 0.794. The molecule has 2 aliphatic rings. The Morgan fingerprint density at radius 3 is 2.93 bits per heavy atom. The first-order valence-electron chi connectivity index (χ1n) is 10.1. The molecule has 0 aliphatic carbocycles. The summed E-state index contributed by atoms with van der Waals surface area (Å²) in [6.45, 7) is 1.64. The molecule has 3 heterocycles. The average molecular weight is 391 g/mol. The number of nitrogens with one attached hydrogen (secondary N) is 1. The highest BCUT2D eigenvalue weighted by Gasteiger charge is 2.21. The smallest absolute Gasteiger partial charge is 0.262 e. The number of amides is 2. The van der Waals surface area contributed by atoms with Gasteiger partial charge in [0.15, 0.2) is 6.61 Å². The van der Waals surface area contributed by atoms with Gasteiger partial charge in [-0.2, -0.15) is 0 Å². The van der Waals surface area contributed by atoms with Crippen molar-refractivity contribution in [3.05, 3.63) is 59.9 Å². The van der Waals surface area contributed by atoms with E-state index in [1.165, 1.54) is 5.56 Å². The molecule has 1 fully saturated rings. The van der Waals surface area contributed by atoms with Gasteiger partial charge in [0.2, 0.25) is 5.91 Å². The standard InChI is InChI=1S/C23H25N3O3/c27-22-16-29-21-7-5-18(14-20(21)25-22)6-8-23(28)26-12-9-17(10-13-26)3-4-19-2-1-11-24-15-19/h1-2,5-8,11,14-15,17H,3-4,9-10,12-13,16H2,(H,25,27)/b8-6+. The predicted octanol–water partition coefficient (Wildman–Crippen LogP) is 3.30. The number of fused-ring (bicyclic) bond motifs is 1. The van der Waals surface area contributed by atoms with Crippen LogP contribution in [0.3, 0.4) is 0 Å². The SMILES string of the molecule is O=C1COc2ccc(/C=C/C(=O)N3CCC(CCc4cccnc4)CC3)cc2N1. The number of likely N-dealkylation sites (tertiary alicyclic amines) is 1. The van der Waals surface area contributed by atoms with Crippen LogP contribution >= 0.6 is 0 Å². The van der Waals surface area contributed by atoms with Gasteiger partial charge < -0.3 is 15.0 Å². The second-order valence-corrected chi connectivity index (χ2v) is 7.59. The Hall–Kier alpha value is -3.15. The zero-order valence-electron chi connectivity index (χ0n) is 16.3. The van der Waals surface area contributed by atoms with Gasteiger partial charge in [0.05, 0.1) is 5.69 Å². The lowest BCUT2D eigenvalue weighted by Gasteiger charge is -2.31. The van der Waals surface area contributed by atoms with Crippen LogP contribution in [-0.4, -0.2) is 41.4 Å². The molecule has 1 aromatic heterocycles. The normalized spacial score (nSPS) is 17.0. The van der Waals surface area contributed by atoms with Crippen LogP contribution in [0.4, 0.5) is 5.69 Å². The van der Waals surface area contributed by atoms with Crippen molar-refractivity contribution in [1.82, 2.24) is 9.88 Å². The first-order chi connectivity index (χ1) is 14.2. The van der Waals surface area contributed by atoms with E-state index in [2.05, 4.69) is 16.4 Å². The second-order valence-electron chi connectivity index (χ2n) is 7.59. The molecule has 6 heteroatoms. The number of nitrogens with zero attached hydrogens (tertiary/aromatic N) is 2. The van der Waals surface area contributed by atoms with E-state index in [0.29, 0.717) is 17.4 Å². The Kier molecular flexibility index (Phi) is 5.89. The van der Waals surface area contributed by atoms with Crippen molar-refractivity contribution in [2.75, 3.05) is 25.0 Å². The zero-order valence-corrected chi connectivity index (χ0v) is 16.3. The third-order valence-electron chi connectivity index (χ3n) is 5.55. The number of carbonyl (C=O) groups excluding carboxylic acids is 2. The van der Waals surface area contributed by atoms with Crippen LogP contribution in [0, 0.1) is 5.92 Å². The maximum atomic E-state index is 12.5. The molecule has 1 aromatic carbocycles. The van der Waals surface area contributed by atoms with Crippen LogP contribution in [0.15, 0.2) is 48.8 Å². The second kappa shape index (κ2) is 8.90. The summed E-state index contributed by atoms with van der Waals surface area (Å²) in [5, 5.41) is 2.78. The third kappa shape index (κ3) is 5.02. The average Bonchev–Trinajstić information content (AvgIpc) is 2.77. The molecule has 150 valence electrons. The fourth-order valence-electron chi connectivity index (χ4n) is 3.84. The topological polar surface area (TPSA) is 71.5 Å². The Bertz CT molecular complexity index is 903. The van der Waals surface area contributed by atoms with E-state index < -0.39 is 0 Å². The lowest BCUT2D eigenvalue weighted by molar-refractivity contribution is -0.127. The molecule has 2 aliphatic heterocycles. The minimum atomic E-state index is -0.166. The highest BCUT2D eigenvalue weighted by molar-refractivity contribution is 5.96. The molecule has 29 heavy (non-hydrogen) atoms. The number of piperidine rings is 1. The van der Waals surface area contributed by atoms with E-state index in [9.17, 15) is 9.59 Å². The van der Waals surface area contributed by atoms with Gasteiger partial charge in [0.1, 0.15) is 5.75 Å². The summed E-state index contributed by atoms with van der Waals surface area (Å²) in [5.74, 6) is 1.18. The predicted molar refractivity (Wildman–Crippen MR) is 111 cm³/mol. The maximum absolute atomic E-state index is 12.5. The van der Waals surface area contributed by atoms with Crippen LogP contribution < -0.4 is 10.1 Å². The van der Waals surface area contributed by atoms with E-state index >= 15 is 0 Å². The number of hydrogen-bond donors (Lipinski definition) is 1. The van der Waals surface area contributed by atoms with E-state index in [1.54, 1.807) is 18.3 Å². The molecule has 0 saturated carbocycles. The van der Waals surface area contributed by atoms with Gasteiger partial charge in [0, 0.05) is 31.6 Å². The summed E-state index contributed by atoms with van der Waals surface area (Å²) in [6.07, 6.45) is 11.4. The van der Waals surface area contributed by atoms with Crippen molar-refractivity contribution >= 4 is 23.6 Å². The van der Waals surface area contributed by atoms with Crippen LogP contribution in [0.1, 0.15) is 30.4 Å². The number of rotatable bonds is 5. The maximum Gasteiger partial charge on any atom is 0.262 e. The highest BCUT2D eigenvalue weighted by atomic mass is 16.5. The van der Waals surface area contributed by atoms with Gasteiger partial charge in [0.25, 0.3) is 5.91 Å². The fourth-order valence-corrected chi connectivity index (χ4v) is 3.84. The van der Waals surface area contributed by atoms with Crippen molar-refractivity contribution < 1.29 is 14.3 Å². The summed E-state index contributed by atoms with van der Waals surface area (Å²) in [4.78, 5) is 30.1. The number of ether oxygens (including phenoxy) is 1. The Balaban J connectivity index is 1.26. The Labute approximate surface area is 170 Å². The molecular weight excluding hydrogens is 366 g/mol. The number of aromatic nitrogens is 1. The minimum absolute atomic E-state index is 0.0358. The molecule has 2 aromatic rings. The van der Waals surface area contributed by atoms with Crippen molar-refractivity contribution in [2.45, 2.75) is 25.7 Å². The molecule has 0 atom stereocenters. The number of carbonyl (C=O) groups is 2. The summed E-state index contributed by atoms with van der Waals surface area (Å²) >= 11 is 0. The van der Waals surface area contributed by atoms with Gasteiger partial charge in [-0.05, 0) is 67.0 Å². The lowest BCUT2D eigenvalue weighted by atomic mass is 9.91. The monoisotopic (exact) mass is 391 g/mol. The molecule has 4 rings (SSSR count). The summed E-state index contributed by atoms with van der Waals surface area (Å²) in [6, 6.07) is 9.61. The van der Waals surface area contributed by atoms with Gasteiger partial charge in [-0.15, -0.1) is 0 Å². The minimum Gasteiger partial charge on any atom is -0.482 e. The molecule has 1 N–H and O–H groups in total. The van der Waals surface area contributed by atoms with E-state index in [0.717, 1.165) is 44.3 Å². The number of hydrogen-bond acceptors (Lipinski definition) is 4. The fraction of sp³-hybridized carbons (Fsp3) is 0.348. The summed E-state index contributed by atoms with van der Waals surface area (Å²) in [7, 11) is 0. The van der Waals surface area contributed by atoms with E-state index in [4.69, 9.17) is 4.74 Å². The molecule has 0 unspecified atom stereocenters. The van der Waals surface area contributed by atoms with Gasteiger partial charge in [-0.1, -0.05) is 12.1 Å². The van der Waals surface area contributed by atoms with Crippen LogP contribution in [0.5, 0.6) is 5.75 Å². The lowest BCUT2D eigenvalue weighted by Crippen LogP contribution is -2.37. The Morgan fingerprint density at radius 2 is 2.14 bits per heavy atom. The van der Waals surface area contributed by atoms with E-state index in [-0.39, 0.29) is 18.4 Å². The number of aryl methyl sites for hydroxylation is 1. The highest BCUT2D eigenvalue weighted by Crippen LogP contribution is 2.29. The molecule has 0 bridgehead atoms. The van der Waals surface area contributed by atoms with Gasteiger partial charge in [-0.3, -0.25) is 14.6 Å². The zero-order chi connectivity index (χ0) is 20.1. The molecular formula is C23H25N3O3. The Morgan fingerprint density at radius 1 is 1.28 bits per heavy atom. The molecule has 2 amide bonds. The molecule has 6 nitrogen and oxygen atoms in total. The number of benzene rings is 1. The summed E-state index contributed by atoms with van der Waals surface area (Å²) in [5.41, 5.74) is 2.78. The summed E-state index contributed by atoms with van der Waals surface area (Å²) < 4.78 is 5.35. The molecule has 0 radical (unpaired) electrons. The molecule has 1 saturated heterocycles. The van der Waals surface area contributed by atoms with Crippen molar-refractivity contribution in [2.24, 2.45) is 5.92 Å². The van der Waals surface area contributed by atoms with Crippen LogP contribution in [0.2, 0.25) is 0 Å². The molecule has 0 spiro atoms. The van der Waals surface area contributed by atoms with Crippen LogP contribution in [0.25, 0.3) is 6.08 Å². The third-order valence-corrected chi connectivity index (χ3v) is 5.55. The van der Waals surface area contributed by atoms with Crippen molar-refractivity contribution in [3.63, 3.8) is 0 Å². The number of anilines is 1. The van der Waals surface area contributed by atoms with Gasteiger partial charge >= 0.3 is 0 Å². The van der Waals surface area contributed by atoms with Gasteiger partial charge in [-0.25, -0.2) is 0 Å².